The zero-order valence-electron chi connectivity index (χ0n) is 19.8. The predicted octanol–water partition coefficient (Wildman–Crippen LogP) is 3.45. The van der Waals surface area contributed by atoms with Crippen LogP contribution in [0.25, 0.3) is 0 Å². The Kier molecular flexibility index (Phi) is 7.49. The van der Waals surface area contributed by atoms with Crippen molar-refractivity contribution in [3.05, 3.63) is 59.3 Å². The number of pyridine rings is 1. The van der Waals surface area contributed by atoms with Gasteiger partial charge in [0.2, 0.25) is 11.8 Å². The van der Waals surface area contributed by atoms with Crippen molar-refractivity contribution in [2.75, 3.05) is 26.7 Å². The van der Waals surface area contributed by atoms with Gasteiger partial charge in [0.15, 0.2) is 0 Å². The van der Waals surface area contributed by atoms with Crippen LogP contribution in [0.15, 0.2) is 42.6 Å². The SMILES string of the molecule is COc1ccc(C2(F)CCC(N3CC(NC(=O)CNC(=O)c4cccc(C(F)(F)F)c4)C3)CC2)cn1. The molecule has 2 N–H and O–H groups in total. The number of carbonyl (C=O) groups is 2. The summed E-state index contributed by atoms with van der Waals surface area (Å²) in [6.45, 7) is 0.915. The van der Waals surface area contributed by atoms with Crippen LogP contribution >= 0.6 is 0 Å². The van der Waals surface area contributed by atoms with Crippen molar-refractivity contribution in [2.24, 2.45) is 0 Å². The number of ether oxygens (including phenoxy) is 1. The number of halogens is 4. The van der Waals surface area contributed by atoms with E-state index in [1.165, 1.54) is 19.4 Å². The average molecular weight is 509 g/mol. The van der Waals surface area contributed by atoms with E-state index in [2.05, 4.69) is 20.5 Å². The maximum absolute atomic E-state index is 15.5. The number of alkyl halides is 4. The summed E-state index contributed by atoms with van der Waals surface area (Å²) in [7, 11) is 1.51. The molecule has 1 aromatic heterocycles. The minimum Gasteiger partial charge on any atom is -0.481 e. The van der Waals surface area contributed by atoms with Crippen LogP contribution in [0.3, 0.4) is 0 Å². The van der Waals surface area contributed by atoms with Gasteiger partial charge >= 0.3 is 6.18 Å². The minimum absolute atomic E-state index is 0.0918. The highest BCUT2D eigenvalue weighted by atomic mass is 19.4. The Hall–Kier alpha value is -3.21. The number of hydrogen-bond donors (Lipinski definition) is 2. The second kappa shape index (κ2) is 10.4. The first-order chi connectivity index (χ1) is 17.1. The molecule has 7 nitrogen and oxygen atoms in total. The third-order valence-corrected chi connectivity index (χ3v) is 6.86. The molecule has 0 atom stereocenters. The lowest BCUT2D eigenvalue weighted by atomic mass is 9.78. The van der Waals surface area contributed by atoms with Crippen molar-refractivity contribution in [1.29, 1.82) is 0 Å². The first kappa shape index (κ1) is 25.9. The second-order valence-electron chi connectivity index (χ2n) is 9.27. The molecule has 4 rings (SSSR count). The Morgan fingerprint density at radius 1 is 1.17 bits per heavy atom. The van der Waals surface area contributed by atoms with E-state index in [-0.39, 0.29) is 24.2 Å². The van der Waals surface area contributed by atoms with Gasteiger partial charge in [0.05, 0.1) is 25.3 Å². The van der Waals surface area contributed by atoms with E-state index in [4.69, 9.17) is 4.74 Å². The third kappa shape index (κ3) is 5.95. The van der Waals surface area contributed by atoms with E-state index in [0.29, 0.717) is 50.2 Å². The number of likely N-dealkylation sites (tertiary alicyclic amines) is 1. The molecule has 1 aliphatic heterocycles. The highest BCUT2D eigenvalue weighted by molar-refractivity contribution is 5.96. The van der Waals surface area contributed by atoms with Crippen molar-refractivity contribution in [3.63, 3.8) is 0 Å². The molecule has 2 aromatic rings. The molecule has 1 saturated carbocycles. The van der Waals surface area contributed by atoms with Gasteiger partial charge in [-0.25, -0.2) is 9.37 Å². The quantitative estimate of drug-likeness (QED) is 0.560. The molecule has 2 amide bonds. The summed E-state index contributed by atoms with van der Waals surface area (Å²) in [5, 5.41) is 5.16. The van der Waals surface area contributed by atoms with E-state index in [0.717, 1.165) is 18.2 Å². The Labute approximate surface area is 206 Å². The molecule has 0 radical (unpaired) electrons. The number of nitrogens with zero attached hydrogens (tertiary/aromatic N) is 2. The van der Waals surface area contributed by atoms with Gasteiger partial charge in [-0.3, -0.25) is 14.5 Å². The van der Waals surface area contributed by atoms with Crippen LogP contribution in [0.2, 0.25) is 0 Å². The first-order valence-electron chi connectivity index (χ1n) is 11.8. The Morgan fingerprint density at radius 3 is 2.50 bits per heavy atom. The van der Waals surface area contributed by atoms with Crippen molar-refractivity contribution in [2.45, 2.75) is 49.6 Å². The summed E-state index contributed by atoms with van der Waals surface area (Å²) in [4.78, 5) is 30.6. The lowest BCUT2D eigenvalue weighted by molar-refractivity contribution is -0.137. The number of rotatable bonds is 7. The van der Waals surface area contributed by atoms with Crippen LogP contribution in [0.1, 0.15) is 47.2 Å². The Morgan fingerprint density at radius 2 is 1.89 bits per heavy atom. The highest BCUT2D eigenvalue weighted by Crippen LogP contribution is 2.42. The number of hydrogen-bond acceptors (Lipinski definition) is 5. The van der Waals surface area contributed by atoms with Gasteiger partial charge in [-0.1, -0.05) is 6.07 Å². The number of amides is 2. The topological polar surface area (TPSA) is 83.6 Å². The van der Waals surface area contributed by atoms with Gasteiger partial charge < -0.3 is 15.4 Å². The highest BCUT2D eigenvalue weighted by Gasteiger charge is 2.42. The van der Waals surface area contributed by atoms with Crippen molar-refractivity contribution < 1.29 is 31.9 Å². The fourth-order valence-corrected chi connectivity index (χ4v) is 4.76. The summed E-state index contributed by atoms with van der Waals surface area (Å²) >= 11 is 0. The molecule has 1 aromatic carbocycles. The smallest absolute Gasteiger partial charge is 0.416 e. The van der Waals surface area contributed by atoms with E-state index in [1.54, 1.807) is 12.1 Å². The number of methoxy groups -OCH3 is 1. The molecule has 0 unspecified atom stereocenters. The zero-order chi connectivity index (χ0) is 25.9. The van der Waals surface area contributed by atoms with Crippen LogP contribution in [0, 0.1) is 0 Å². The summed E-state index contributed by atoms with van der Waals surface area (Å²) in [6, 6.07) is 7.54. The molecule has 2 aliphatic rings. The van der Waals surface area contributed by atoms with Crippen molar-refractivity contribution in [3.8, 4) is 5.88 Å². The zero-order valence-corrected chi connectivity index (χ0v) is 19.8. The summed E-state index contributed by atoms with van der Waals surface area (Å²) in [6.07, 6.45) is -0.866. The number of nitrogens with one attached hydrogen (secondary N) is 2. The van der Waals surface area contributed by atoms with E-state index < -0.39 is 29.2 Å². The molecule has 2 heterocycles. The molecule has 36 heavy (non-hydrogen) atoms. The maximum Gasteiger partial charge on any atom is 0.416 e. The molecule has 1 saturated heterocycles. The van der Waals surface area contributed by atoms with Crippen molar-refractivity contribution in [1.82, 2.24) is 20.5 Å². The Balaban J connectivity index is 1.18. The minimum atomic E-state index is -4.55. The van der Waals surface area contributed by atoms with Gasteiger partial charge in [-0.2, -0.15) is 13.2 Å². The molecule has 1 aliphatic carbocycles. The number of carbonyl (C=O) groups excluding carboxylic acids is 2. The number of aromatic nitrogens is 1. The molecule has 2 fully saturated rings. The van der Waals surface area contributed by atoms with Crippen LogP contribution in [0.5, 0.6) is 5.88 Å². The molecule has 194 valence electrons. The molecule has 0 spiro atoms. The summed E-state index contributed by atoms with van der Waals surface area (Å²) < 4.78 is 58.9. The van der Waals surface area contributed by atoms with Gasteiger partial charge in [-0.15, -0.1) is 0 Å². The van der Waals surface area contributed by atoms with Gasteiger partial charge in [0, 0.05) is 42.5 Å². The molecular weight excluding hydrogens is 480 g/mol. The average Bonchev–Trinajstić information content (AvgIpc) is 2.85. The molecule has 0 bridgehead atoms. The summed E-state index contributed by atoms with van der Waals surface area (Å²) in [5.74, 6) is -0.728. The van der Waals surface area contributed by atoms with E-state index in [1.807, 2.05) is 0 Å². The normalized spacial score (nSPS) is 23.0. The maximum atomic E-state index is 15.5. The Bertz CT molecular complexity index is 1080. The fourth-order valence-electron chi connectivity index (χ4n) is 4.76. The first-order valence-corrected chi connectivity index (χ1v) is 11.8. The van der Waals surface area contributed by atoms with Gasteiger partial charge in [0.25, 0.3) is 5.91 Å². The number of benzene rings is 1. The van der Waals surface area contributed by atoms with Crippen LogP contribution in [-0.4, -0.2) is 60.5 Å². The van der Waals surface area contributed by atoms with E-state index in [9.17, 15) is 22.8 Å². The van der Waals surface area contributed by atoms with Crippen LogP contribution in [-0.2, 0) is 16.6 Å². The van der Waals surface area contributed by atoms with Gasteiger partial charge in [-0.05, 0) is 49.9 Å². The molecular formula is C25H28F4N4O3. The molecule has 11 heteroatoms. The van der Waals surface area contributed by atoms with Crippen molar-refractivity contribution >= 4 is 11.8 Å². The summed E-state index contributed by atoms with van der Waals surface area (Å²) in [5.41, 5.74) is -1.95. The van der Waals surface area contributed by atoms with Crippen LogP contribution in [0.4, 0.5) is 17.6 Å². The predicted molar refractivity (Wildman–Crippen MR) is 123 cm³/mol. The monoisotopic (exact) mass is 508 g/mol. The standard InChI is InChI=1S/C25H28F4N4O3/c1-36-22-6-5-18(12-30-22)24(26)9-7-20(8-10-24)33-14-19(15-33)32-21(34)13-31-23(35)16-3-2-4-17(11-16)25(27,28)29/h2-6,11-12,19-20H,7-10,13-15H2,1H3,(H,31,35)(H,32,34). The van der Waals surface area contributed by atoms with Crippen LogP contribution < -0.4 is 15.4 Å². The van der Waals surface area contributed by atoms with E-state index >= 15 is 4.39 Å². The third-order valence-electron chi connectivity index (χ3n) is 6.86. The lowest BCUT2D eigenvalue weighted by Crippen LogP contribution is -2.63. The largest absolute Gasteiger partial charge is 0.481 e. The lowest BCUT2D eigenvalue weighted by Gasteiger charge is -2.47. The van der Waals surface area contributed by atoms with Gasteiger partial charge in [0.1, 0.15) is 5.67 Å². The fraction of sp³-hybridized carbons (Fsp3) is 0.480. The second-order valence-corrected chi connectivity index (χ2v) is 9.27.